The van der Waals surface area contributed by atoms with Crippen LogP contribution in [0.2, 0.25) is 0 Å². The van der Waals surface area contributed by atoms with Gasteiger partial charge in [-0.25, -0.2) is 23.6 Å². The van der Waals surface area contributed by atoms with E-state index in [4.69, 9.17) is 4.74 Å². The minimum atomic E-state index is -4.32. The fourth-order valence-electron chi connectivity index (χ4n) is 0.908. The first kappa shape index (κ1) is 20.1. The first-order chi connectivity index (χ1) is 10.1. The van der Waals surface area contributed by atoms with Crippen molar-refractivity contribution < 1.29 is 31.8 Å². The summed E-state index contributed by atoms with van der Waals surface area (Å²) in [6, 6.07) is 0. The highest BCUT2D eigenvalue weighted by Crippen LogP contribution is 2.23. The van der Waals surface area contributed by atoms with Crippen molar-refractivity contribution in [3.63, 3.8) is 0 Å². The highest BCUT2D eigenvalue weighted by molar-refractivity contribution is 6.35. The molecule has 0 unspecified atom stereocenters. The predicted molar refractivity (Wildman–Crippen MR) is 73.4 cm³/mol. The number of aliphatic imine (C=N–C) groups is 2. The number of rotatable bonds is 9. The maximum atomic E-state index is 12.7. The molecule has 0 amide bonds. The summed E-state index contributed by atoms with van der Waals surface area (Å²) in [6.45, 7) is 6.65. The quantitative estimate of drug-likeness (QED) is 0.283. The Labute approximate surface area is 125 Å². The van der Waals surface area contributed by atoms with Gasteiger partial charge in [0.1, 0.15) is 5.71 Å². The molecule has 9 heteroatoms. The van der Waals surface area contributed by atoms with Crippen LogP contribution in [-0.2, 0) is 14.3 Å². The highest BCUT2D eigenvalue weighted by atomic mass is 19.3. The molecule has 0 rings (SSSR count). The van der Waals surface area contributed by atoms with Crippen molar-refractivity contribution in [3.8, 4) is 0 Å². The second kappa shape index (κ2) is 9.16. The number of halogens is 4. The van der Waals surface area contributed by atoms with Gasteiger partial charge in [-0.05, 0) is 19.6 Å². The zero-order valence-electron chi connectivity index (χ0n) is 12.5. The third kappa shape index (κ3) is 7.75. The lowest BCUT2D eigenvalue weighted by Gasteiger charge is -2.15. The number of nitrogens with zero attached hydrogens (tertiary/aromatic N) is 2. The van der Waals surface area contributed by atoms with E-state index in [0.717, 1.165) is 6.20 Å². The standard InChI is InChI=1S/C13H18F4N2O3/c1-8(2)6-21-11(20)9(3)19-5-10(18-4)22-7-13(16,17)12(14)15/h5,8,12H,4,6-7H2,1-3H3/b10-5+,19-9+. The Balaban J connectivity index is 4.67. The van der Waals surface area contributed by atoms with Crippen molar-refractivity contribution in [2.24, 2.45) is 15.9 Å². The molecule has 0 aliphatic rings. The smallest absolute Gasteiger partial charge is 0.352 e. The van der Waals surface area contributed by atoms with Crippen molar-refractivity contribution in [3.05, 3.63) is 12.1 Å². The second-order valence-electron chi connectivity index (χ2n) is 4.68. The maximum absolute atomic E-state index is 12.7. The van der Waals surface area contributed by atoms with Crippen LogP contribution in [-0.4, -0.2) is 44.0 Å². The summed E-state index contributed by atoms with van der Waals surface area (Å²) in [6.07, 6.45) is -3.05. The molecule has 0 aromatic heterocycles. The number of hydrogen-bond donors (Lipinski definition) is 0. The fourth-order valence-corrected chi connectivity index (χ4v) is 0.908. The van der Waals surface area contributed by atoms with Gasteiger partial charge in [0.2, 0.25) is 5.88 Å². The second-order valence-corrected chi connectivity index (χ2v) is 4.68. The summed E-state index contributed by atoms with van der Waals surface area (Å²) < 4.78 is 58.5. The maximum Gasteiger partial charge on any atom is 0.352 e. The molecule has 0 aromatic carbocycles. The van der Waals surface area contributed by atoms with Crippen molar-refractivity contribution >= 4 is 18.4 Å². The highest BCUT2D eigenvalue weighted by Gasteiger charge is 2.41. The molecule has 0 saturated carbocycles. The summed E-state index contributed by atoms with van der Waals surface area (Å²) in [4.78, 5) is 18.3. The Bertz CT molecular complexity index is 449. The summed E-state index contributed by atoms with van der Waals surface area (Å²) in [5.74, 6) is -5.40. The van der Waals surface area contributed by atoms with Crippen molar-refractivity contribution in [2.45, 2.75) is 33.1 Å². The summed E-state index contributed by atoms with van der Waals surface area (Å²) in [5, 5.41) is 0. The Hall–Kier alpha value is -1.93. The number of esters is 1. The van der Waals surface area contributed by atoms with Crippen LogP contribution < -0.4 is 0 Å². The molecule has 0 N–H and O–H groups in total. The molecule has 0 saturated heterocycles. The lowest BCUT2D eigenvalue weighted by molar-refractivity contribution is -0.157. The molecule has 0 radical (unpaired) electrons. The van der Waals surface area contributed by atoms with E-state index in [9.17, 15) is 22.4 Å². The largest absolute Gasteiger partial charge is 0.470 e. The lowest BCUT2D eigenvalue weighted by Crippen LogP contribution is -2.32. The molecule has 0 fully saturated rings. The third-order valence-corrected chi connectivity index (χ3v) is 2.10. The van der Waals surface area contributed by atoms with Gasteiger partial charge < -0.3 is 9.47 Å². The van der Waals surface area contributed by atoms with Crippen LogP contribution in [0.15, 0.2) is 22.1 Å². The number of hydrogen-bond acceptors (Lipinski definition) is 5. The number of carbonyl (C=O) groups excluding carboxylic acids is 1. The normalized spacial score (nSPS) is 13.5. The van der Waals surface area contributed by atoms with Crippen LogP contribution in [0.5, 0.6) is 0 Å². The average Bonchev–Trinajstić information content (AvgIpc) is 2.44. The Morgan fingerprint density at radius 2 is 1.91 bits per heavy atom. The number of ether oxygens (including phenoxy) is 2. The summed E-state index contributed by atoms with van der Waals surface area (Å²) in [7, 11) is 0. The molecule has 5 nitrogen and oxygen atoms in total. The van der Waals surface area contributed by atoms with Crippen LogP contribution in [0.25, 0.3) is 0 Å². The van der Waals surface area contributed by atoms with Crippen LogP contribution in [0.4, 0.5) is 17.6 Å². The molecule has 0 aromatic rings. The van der Waals surface area contributed by atoms with Gasteiger partial charge in [-0.2, -0.15) is 8.78 Å². The Morgan fingerprint density at radius 1 is 1.32 bits per heavy atom. The number of carbonyl (C=O) groups is 1. The lowest BCUT2D eigenvalue weighted by atomic mass is 10.2. The van der Waals surface area contributed by atoms with E-state index in [2.05, 4.69) is 21.4 Å². The van der Waals surface area contributed by atoms with Crippen LogP contribution >= 0.6 is 0 Å². The molecule has 0 spiro atoms. The molecule has 0 bridgehead atoms. The van der Waals surface area contributed by atoms with Gasteiger partial charge in [0, 0.05) is 0 Å². The first-order valence-electron chi connectivity index (χ1n) is 6.27. The topological polar surface area (TPSA) is 60.2 Å². The van der Waals surface area contributed by atoms with E-state index in [-0.39, 0.29) is 18.2 Å². The van der Waals surface area contributed by atoms with E-state index in [1.807, 2.05) is 13.8 Å². The summed E-state index contributed by atoms with van der Waals surface area (Å²) >= 11 is 0. The van der Waals surface area contributed by atoms with E-state index in [0.29, 0.717) is 0 Å². The Morgan fingerprint density at radius 3 is 2.36 bits per heavy atom. The fraction of sp³-hybridized carbons (Fsp3) is 0.615. The van der Waals surface area contributed by atoms with Crippen LogP contribution in [0.1, 0.15) is 20.8 Å². The van der Waals surface area contributed by atoms with Gasteiger partial charge in [-0.3, -0.25) is 0 Å². The average molecular weight is 326 g/mol. The van der Waals surface area contributed by atoms with E-state index in [1.165, 1.54) is 6.92 Å². The van der Waals surface area contributed by atoms with E-state index >= 15 is 0 Å². The third-order valence-electron chi connectivity index (χ3n) is 2.10. The number of alkyl halides is 4. The molecular weight excluding hydrogens is 308 g/mol. The molecule has 126 valence electrons. The van der Waals surface area contributed by atoms with Crippen LogP contribution in [0, 0.1) is 5.92 Å². The van der Waals surface area contributed by atoms with Gasteiger partial charge in [-0.15, -0.1) is 0 Å². The monoisotopic (exact) mass is 326 g/mol. The van der Waals surface area contributed by atoms with Crippen LogP contribution in [0.3, 0.4) is 0 Å². The molecule has 22 heavy (non-hydrogen) atoms. The zero-order chi connectivity index (χ0) is 17.3. The molecule has 0 aliphatic carbocycles. The summed E-state index contributed by atoms with van der Waals surface area (Å²) in [5.41, 5.74) is -0.0778. The van der Waals surface area contributed by atoms with Gasteiger partial charge >= 0.3 is 18.3 Å². The molecule has 0 atom stereocenters. The van der Waals surface area contributed by atoms with Gasteiger partial charge in [0.25, 0.3) is 0 Å². The Kier molecular flexibility index (Phi) is 8.36. The zero-order valence-corrected chi connectivity index (χ0v) is 12.5. The first-order valence-corrected chi connectivity index (χ1v) is 6.27. The van der Waals surface area contributed by atoms with Crippen molar-refractivity contribution in [1.29, 1.82) is 0 Å². The minimum Gasteiger partial charge on any atom is -0.470 e. The predicted octanol–water partition coefficient (Wildman–Crippen LogP) is 3.06. The minimum absolute atomic E-state index is 0.0778. The molecular formula is C13H18F4N2O3. The van der Waals surface area contributed by atoms with Crippen molar-refractivity contribution in [2.75, 3.05) is 13.2 Å². The van der Waals surface area contributed by atoms with Gasteiger partial charge in [-0.1, -0.05) is 13.8 Å². The van der Waals surface area contributed by atoms with Crippen molar-refractivity contribution in [1.82, 2.24) is 0 Å². The SMILES string of the molecule is C=N/C(=C\N=C(/C)C(=O)OCC(C)C)OCC(F)(F)C(F)F. The molecule has 0 heterocycles. The van der Waals surface area contributed by atoms with Gasteiger partial charge in [0.15, 0.2) is 6.61 Å². The van der Waals surface area contributed by atoms with E-state index in [1.54, 1.807) is 0 Å². The molecule has 0 aliphatic heterocycles. The van der Waals surface area contributed by atoms with Gasteiger partial charge in [0.05, 0.1) is 12.8 Å². The van der Waals surface area contributed by atoms with E-state index < -0.39 is 30.8 Å².